The van der Waals surface area contributed by atoms with Crippen LogP contribution in [-0.4, -0.2) is 21.1 Å². The molecule has 0 unspecified atom stereocenters. The molecule has 4 rings (SSSR count). The molecule has 1 amide bonds. The molecule has 0 spiro atoms. The van der Waals surface area contributed by atoms with E-state index >= 15 is 0 Å². The van der Waals surface area contributed by atoms with Crippen LogP contribution in [0.1, 0.15) is 22.9 Å². The number of benzene rings is 2. The third-order valence-corrected chi connectivity index (χ3v) is 5.04. The summed E-state index contributed by atoms with van der Waals surface area (Å²) < 4.78 is 6.72. The summed E-state index contributed by atoms with van der Waals surface area (Å²) >= 11 is 1.61. The van der Waals surface area contributed by atoms with Crippen LogP contribution in [0.5, 0.6) is 0 Å². The molecule has 2 aromatic carbocycles. The first kappa shape index (κ1) is 17.4. The minimum Gasteiger partial charge on any atom is -0.421 e. The van der Waals surface area contributed by atoms with Crippen molar-refractivity contribution in [3.8, 4) is 11.5 Å². The van der Waals surface area contributed by atoms with Gasteiger partial charge in [0.25, 0.3) is 0 Å². The Morgan fingerprint density at radius 3 is 2.74 bits per heavy atom. The fourth-order valence-corrected chi connectivity index (χ4v) is 3.60. The number of aryl methyl sites for hydroxylation is 3. The second-order valence-electron chi connectivity index (χ2n) is 6.33. The fraction of sp³-hybridized carbons (Fsp3) is 0.200. The summed E-state index contributed by atoms with van der Waals surface area (Å²) in [5.41, 5.74) is 3.76. The minimum absolute atomic E-state index is 0.0920. The number of carbonyl (C=O) groups excluding carboxylic acids is 1. The molecule has 0 atom stereocenters. The summed E-state index contributed by atoms with van der Waals surface area (Å²) in [6.45, 7) is 3.99. The van der Waals surface area contributed by atoms with E-state index in [9.17, 15) is 4.79 Å². The molecule has 0 aliphatic rings. The average molecular weight is 378 g/mol. The third-order valence-electron chi connectivity index (χ3n) is 4.11. The zero-order chi connectivity index (χ0) is 18.8. The average Bonchev–Trinajstić information content (AvgIpc) is 3.26. The van der Waals surface area contributed by atoms with E-state index in [1.165, 1.54) is 5.56 Å². The van der Waals surface area contributed by atoms with E-state index in [2.05, 4.69) is 20.5 Å². The Morgan fingerprint density at radius 1 is 1.11 bits per heavy atom. The van der Waals surface area contributed by atoms with Crippen LogP contribution in [0.3, 0.4) is 0 Å². The number of rotatable bonds is 5. The number of nitrogens with zero attached hydrogens (tertiary/aromatic N) is 3. The smallest absolute Gasteiger partial charge is 0.247 e. The Bertz CT molecular complexity index is 1100. The van der Waals surface area contributed by atoms with Crippen LogP contribution in [0.2, 0.25) is 0 Å². The first-order chi connectivity index (χ1) is 13.1. The number of fused-ring (bicyclic) bond motifs is 1. The van der Waals surface area contributed by atoms with Gasteiger partial charge in [-0.25, -0.2) is 4.98 Å². The largest absolute Gasteiger partial charge is 0.421 e. The summed E-state index contributed by atoms with van der Waals surface area (Å²) in [7, 11) is 0. The van der Waals surface area contributed by atoms with Crippen molar-refractivity contribution in [2.24, 2.45) is 0 Å². The van der Waals surface area contributed by atoms with Gasteiger partial charge in [0.1, 0.15) is 0 Å². The van der Waals surface area contributed by atoms with Crippen LogP contribution in [0.25, 0.3) is 21.7 Å². The van der Waals surface area contributed by atoms with Gasteiger partial charge in [-0.1, -0.05) is 17.7 Å². The molecule has 4 aromatic rings. The Kier molecular flexibility index (Phi) is 4.68. The number of nitrogens with one attached hydrogen (secondary N) is 1. The number of hydrogen-bond donors (Lipinski definition) is 1. The summed E-state index contributed by atoms with van der Waals surface area (Å²) in [5, 5.41) is 12.0. The maximum absolute atomic E-state index is 12.2. The third kappa shape index (κ3) is 4.03. The summed E-state index contributed by atoms with van der Waals surface area (Å²) in [4.78, 5) is 16.6. The molecular weight excluding hydrogens is 360 g/mol. The molecule has 1 N–H and O–H groups in total. The standard InChI is InChI=1S/C20H18N4O2S/c1-12-3-5-14(6-4-12)20-24-23-19(26-20)10-9-18(25)22-15-7-8-16-17(11-15)27-13(2)21-16/h3-8,11H,9-10H2,1-2H3,(H,22,25). The molecule has 0 fully saturated rings. The van der Waals surface area contributed by atoms with E-state index in [1.807, 2.05) is 56.3 Å². The minimum atomic E-state index is -0.0920. The number of thiazole rings is 1. The second kappa shape index (κ2) is 7.28. The van der Waals surface area contributed by atoms with Gasteiger partial charge in [-0.15, -0.1) is 21.5 Å². The molecule has 0 bridgehead atoms. The predicted octanol–water partition coefficient (Wildman–Crippen LogP) is 4.53. The highest BCUT2D eigenvalue weighted by atomic mass is 32.1. The van der Waals surface area contributed by atoms with Gasteiger partial charge in [0, 0.05) is 24.1 Å². The van der Waals surface area contributed by atoms with Gasteiger partial charge in [-0.05, 0) is 44.2 Å². The van der Waals surface area contributed by atoms with Crippen molar-refractivity contribution in [3.63, 3.8) is 0 Å². The predicted molar refractivity (Wildman–Crippen MR) is 106 cm³/mol. The molecule has 136 valence electrons. The van der Waals surface area contributed by atoms with Gasteiger partial charge >= 0.3 is 0 Å². The first-order valence-electron chi connectivity index (χ1n) is 8.63. The lowest BCUT2D eigenvalue weighted by Crippen LogP contribution is -2.12. The lowest BCUT2D eigenvalue weighted by molar-refractivity contribution is -0.116. The lowest BCUT2D eigenvalue weighted by atomic mass is 10.1. The molecule has 0 saturated heterocycles. The Hall–Kier alpha value is -3.06. The lowest BCUT2D eigenvalue weighted by Gasteiger charge is -2.04. The molecule has 6 nitrogen and oxygen atoms in total. The molecule has 2 aromatic heterocycles. The van der Waals surface area contributed by atoms with Crippen LogP contribution < -0.4 is 5.32 Å². The molecule has 2 heterocycles. The quantitative estimate of drug-likeness (QED) is 0.552. The van der Waals surface area contributed by atoms with Crippen molar-refractivity contribution < 1.29 is 9.21 Å². The summed E-state index contributed by atoms with van der Waals surface area (Å²) in [6, 6.07) is 13.6. The highest BCUT2D eigenvalue weighted by Crippen LogP contribution is 2.25. The molecular formula is C20H18N4O2S. The van der Waals surface area contributed by atoms with Crippen molar-refractivity contribution in [3.05, 3.63) is 58.9 Å². The van der Waals surface area contributed by atoms with Gasteiger partial charge in [0.15, 0.2) is 0 Å². The van der Waals surface area contributed by atoms with Gasteiger partial charge in [-0.3, -0.25) is 4.79 Å². The van der Waals surface area contributed by atoms with Gasteiger partial charge in [0.05, 0.1) is 15.2 Å². The Labute approximate surface area is 160 Å². The van der Waals surface area contributed by atoms with Gasteiger partial charge in [0.2, 0.25) is 17.7 Å². The monoisotopic (exact) mass is 378 g/mol. The normalized spacial score (nSPS) is 11.0. The van der Waals surface area contributed by atoms with Crippen LogP contribution in [0, 0.1) is 13.8 Å². The molecule has 0 aliphatic heterocycles. The van der Waals surface area contributed by atoms with E-state index in [0.29, 0.717) is 18.2 Å². The summed E-state index contributed by atoms with van der Waals surface area (Å²) in [5.74, 6) is 0.830. The summed E-state index contributed by atoms with van der Waals surface area (Å²) in [6.07, 6.45) is 0.669. The second-order valence-corrected chi connectivity index (χ2v) is 7.57. The Morgan fingerprint density at radius 2 is 1.93 bits per heavy atom. The van der Waals surface area contributed by atoms with E-state index in [1.54, 1.807) is 11.3 Å². The zero-order valence-corrected chi connectivity index (χ0v) is 15.8. The maximum atomic E-state index is 12.2. The van der Waals surface area contributed by atoms with Gasteiger partial charge < -0.3 is 9.73 Å². The molecule has 0 radical (unpaired) electrons. The molecule has 0 aliphatic carbocycles. The topological polar surface area (TPSA) is 80.9 Å². The van der Waals surface area contributed by atoms with E-state index in [0.717, 1.165) is 26.5 Å². The molecule has 7 heteroatoms. The molecule has 27 heavy (non-hydrogen) atoms. The molecule has 0 saturated carbocycles. The van der Waals surface area contributed by atoms with Crippen molar-refractivity contribution >= 4 is 33.1 Å². The van der Waals surface area contributed by atoms with Crippen molar-refractivity contribution in [1.29, 1.82) is 0 Å². The highest BCUT2D eigenvalue weighted by Gasteiger charge is 2.11. The first-order valence-corrected chi connectivity index (χ1v) is 9.45. The highest BCUT2D eigenvalue weighted by molar-refractivity contribution is 7.18. The van der Waals surface area contributed by atoms with Crippen LogP contribution in [-0.2, 0) is 11.2 Å². The number of anilines is 1. The van der Waals surface area contributed by atoms with E-state index < -0.39 is 0 Å². The zero-order valence-electron chi connectivity index (χ0n) is 15.0. The van der Waals surface area contributed by atoms with E-state index in [4.69, 9.17) is 4.42 Å². The maximum Gasteiger partial charge on any atom is 0.247 e. The number of aromatic nitrogens is 3. The van der Waals surface area contributed by atoms with Crippen LogP contribution in [0.15, 0.2) is 46.9 Å². The van der Waals surface area contributed by atoms with Crippen molar-refractivity contribution in [2.45, 2.75) is 26.7 Å². The van der Waals surface area contributed by atoms with E-state index in [-0.39, 0.29) is 12.3 Å². The van der Waals surface area contributed by atoms with Crippen molar-refractivity contribution in [2.75, 3.05) is 5.32 Å². The van der Waals surface area contributed by atoms with Crippen molar-refractivity contribution in [1.82, 2.24) is 15.2 Å². The van der Waals surface area contributed by atoms with Gasteiger partial charge in [-0.2, -0.15) is 0 Å². The SMILES string of the molecule is Cc1ccc(-c2nnc(CCC(=O)Nc3ccc4nc(C)sc4c3)o2)cc1. The number of amides is 1. The van der Waals surface area contributed by atoms with Crippen LogP contribution >= 0.6 is 11.3 Å². The number of carbonyl (C=O) groups is 1. The van der Waals surface area contributed by atoms with Crippen LogP contribution in [0.4, 0.5) is 5.69 Å². The number of hydrogen-bond acceptors (Lipinski definition) is 6. The fourth-order valence-electron chi connectivity index (χ4n) is 2.73. The Balaban J connectivity index is 1.36.